The van der Waals surface area contributed by atoms with E-state index in [4.69, 9.17) is 9.15 Å². The lowest BCUT2D eigenvalue weighted by Crippen LogP contribution is -2.59. The quantitative estimate of drug-likeness (QED) is 0.184. The second-order valence-corrected chi connectivity index (χ2v) is 12.6. The summed E-state index contributed by atoms with van der Waals surface area (Å²) in [7, 11) is 0. The van der Waals surface area contributed by atoms with E-state index in [1.807, 2.05) is 12.1 Å². The number of para-hydroxylation sites is 3. The number of hydrogen-bond acceptors (Lipinski definition) is 4. The van der Waals surface area contributed by atoms with Crippen molar-refractivity contribution in [2.24, 2.45) is 0 Å². The summed E-state index contributed by atoms with van der Waals surface area (Å²) < 4.78 is 13.2. The molecule has 48 heavy (non-hydrogen) atoms. The lowest BCUT2D eigenvalue weighted by molar-refractivity contribution is 0.487. The van der Waals surface area contributed by atoms with Gasteiger partial charge in [0.1, 0.15) is 22.7 Å². The fourth-order valence-electron chi connectivity index (χ4n) is 7.61. The molecule has 2 aliphatic rings. The average Bonchev–Trinajstić information content (AvgIpc) is 3.51. The van der Waals surface area contributed by atoms with Gasteiger partial charge in [0.15, 0.2) is 0 Å². The van der Waals surface area contributed by atoms with Crippen LogP contribution < -0.4 is 30.9 Å². The Balaban J connectivity index is 1.14. The Bertz CT molecular complexity index is 2520. The first-order valence-electron chi connectivity index (χ1n) is 16.4. The first kappa shape index (κ1) is 27.0. The van der Waals surface area contributed by atoms with Gasteiger partial charge < -0.3 is 19.0 Å². The van der Waals surface area contributed by atoms with E-state index in [1.165, 1.54) is 22.2 Å². The molecule has 0 fully saturated rings. The third kappa shape index (κ3) is 4.04. The smallest absolute Gasteiger partial charge is 0.256 e. The standard InChI is InChI=1S/C43H29BN2O2/c1-28-18-20-30(21-19-28)45(31-22-24-34-33-12-5-8-16-39(33)47-41(34)26-31)32-23-25-36-42(27-32)48-40-17-9-15-38-43(40)44(36)35-13-6-7-14-37(35)46(38)29-10-3-2-4-11-29/h2-27H,1H3. The molecule has 0 unspecified atom stereocenters. The van der Waals surface area contributed by atoms with Crippen LogP contribution in [0, 0.1) is 6.92 Å². The summed E-state index contributed by atoms with van der Waals surface area (Å²) in [6, 6.07) is 55.8. The van der Waals surface area contributed by atoms with E-state index in [0.717, 1.165) is 67.3 Å². The highest BCUT2D eigenvalue weighted by Gasteiger charge is 2.41. The maximum atomic E-state index is 6.84. The minimum atomic E-state index is 0.0462. The third-order valence-corrected chi connectivity index (χ3v) is 9.77. The van der Waals surface area contributed by atoms with Crippen molar-refractivity contribution >= 4 is 79.2 Å². The summed E-state index contributed by atoms with van der Waals surface area (Å²) >= 11 is 0. The highest BCUT2D eigenvalue weighted by Crippen LogP contribution is 2.43. The molecule has 5 heteroatoms. The summed E-state index contributed by atoms with van der Waals surface area (Å²) in [4.78, 5) is 4.65. The Labute approximate surface area is 279 Å². The predicted octanol–water partition coefficient (Wildman–Crippen LogP) is 9.77. The number of ether oxygens (including phenoxy) is 1. The second kappa shape index (κ2) is 10.4. The molecule has 0 saturated heterocycles. The minimum Gasteiger partial charge on any atom is -0.458 e. The number of benzene rings is 7. The van der Waals surface area contributed by atoms with Gasteiger partial charge in [0.25, 0.3) is 6.71 Å². The molecule has 10 rings (SSSR count). The van der Waals surface area contributed by atoms with Crippen LogP contribution in [0.1, 0.15) is 5.56 Å². The minimum absolute atomic E-state index is 0.0462. The highest BCUT2D eigenvalue weighted by molar-refractivity contribution is 6.99. The fraction of sp³-hybridized carbons (Fsp3) is 0.0233. The molecule has 8 aromatic rings. The van der Waals surface area contributed by atoms with E-state index in [0.29, 0.717) is 0 Å². The molecule has 1 aromatic heterocycles. The molecule has 0 atom stereocenters. The van der Waals surface area contributed by atoms with Crippen LogP contribution in [0.5, 0.6) is 11.5 Å². The monoisotopic (exact) mass is 616 g/mol. The van der Waals surface area contributed by atoms with Crippen molar-refractivity contribution < 1.29 is 9.15 Å². The van der Waals surface area contributed by atoms with Gasteiger partial charge in [-0.2, -0.15) is 0 Å². The normalized spacial score (nSPS) is 12.8. The van der Waals surface area contributed by atoms with Crippen molar-refractivity contribution in [3.05, 3.63) is 163 Å². The van der Waals surface area contributed by atoms with Crippen molar-refractivity contribution in [3.8, 4) is 11.5 Å². The summed E-state index contributed by atoms with van der Waals surface area (Å²) in [6.07, 6.45) is 0. The van der Waals surface area contributed by atoms with E-state index in [1.54, 1.807) is 0 Å². The topological polar surface area (TPSA) is 28.9 Å². The van der Waals surface area contributed by atoms with Gasteiger partial charge in [0, 0.05) is 57.0 Å². The lowest BCUT2D eigenvalue weighted by atomic mass is 9.34. The van der Waals surface area contributed by atoms with E-state index in [2.05, 4.69) is 162 Å². The summed E-state index contributed by atoms with van der Waals surface area (Å²) in [5.74, 6) is 1.76. The maximum Gasteiger partial charge on any atom is 0.256 e. The Morgan fingerprint density at radius 1 is 0.521 bits per heavy atom. The number of nitrogens with zero attached hydrogens (tertiary/aromatic N) is 2. The average molecular weight is 617 g/mol. The number of rotatable bonds is 4. The van der Waals surface area contributed by atoms with Crippen molar-refractivity contribution in [2.75, 3.05) is 9.80 Å². The molecule has 226 valence electrons. The third-order valence-electron chi connectivity index (χ3n) is 9.77. The molecule has 0 aliphatic carbocycles. The summed E-state index contributed by atoms with van der Waals surface area (Å²) in [6.45, 7) is 2.17. The molecule has 7 aromatic carbocycles. The largest absolute Gasteiger partial charge is 0.458 e. The zero-order valence-corrected chi connectivity index (χ0v) is 26.3. The Morgan fingerprint density at radius 2 is 1.23 bits per heavy atom. The van der Waals surface area contributed by atoms with Crippen LogP contribution in [0.25, 0.3) is 21.9 Å². The van der Waals surface area contributed by atoms with Gasteiger partial charge in [-0.25, -0.2) is 0 Å². The van der Waals surface area contributed by atoms with Gasteiger partial charge in [-0.15, -0.1) is 0 Å². The fourth-order valence-corrected chi connectivity index (χ4v) is 7.61. The van der Waals surface area contributed by atoms with Crippen LogP contribution in [0.2, 0.25) is 0 Å². The number of hydrogen-bond donors (Lipinski definition) is 0. The Hall–Kier alpha value is -6.20. The number of fused-ring (bicyclic) bond motifs is 7. The molecule has 0 bridgehead atoms. The van der Waals surface area contributed by atoms with Gasteiger partial charge in [0.05, 0.1) is 0 Å². The van der Waals surface area contributed by atoms with Crippen molar-refractivity contribution in [1.82, 2.24) is 0 Å². The van der Waals surface area contributed by atoms with Crippen LogP contribution in [0.4, 0.5) is 34.1 Å². The van der Waals surface area contributed by atoms with E-state index < -0.39 is 0 Å². The number of aryl methyl sites for hydroxylation is 1. The molecular formula is C43H29BN2O2. The Morgan fingerprint density at radius 3 is 2.12 bits per heavy atom. The van der Waals surface area contributed by atoms with E-state index in [-0.39, 0.29) is 6.71 Å². The Kier molecular flexibility index (Phi) is 5.85. The van der Waals surface area contributed by atoms with Gasteiger partial charge >= 0.3 is 0 Å². The van der Waals surface area contributed by atoms with Crippen LogP contribution >= 0.6 is 0 Å². The van der Waals surface area contributed by atoms with Crippen molar-refractivity contribution in [3.63, 3.8) is 0 Å². The van der Waals surface area contributed by atoms with Gasteiger partial charge in [-0.05, 0) is 90.0 Å². The first-order chi connectivity index (χ1) is 23.7. The molecule has 0 N–H and O–H groups in total. The molecule has 0 radical (unpaired) electrons. The first-order valence-corrected chi connectivity index (χ1v) is 16.4. The van der Waals surface area contributed by atoms with Crippen LogP contribution in [0.15, 0.2) is 162 Å². The van der Waals surface area contributed by atoms with Crippen LogP contribution in [-0.2, 0) is 0 Å². The summed E-state index contributed by atoms with van der Waals surface area (Å²) in [5, 5.41) is 2.24. The van der Waals surface area contributed by atoms with Gasteiger partial charge in [-0.1, -0.05) is 84.4 Å². The highest BCUT2D eigenvalue weighted by atomic mass is 16.5. The zero-order chi connectivity index (χ0) is 31.8. The second-order valence-electron chi connectivity index (χ2n) is 12.6. The number of furan rings is 1. The van der Waals surface area contributed by atoms with Crippen molar-refractivity contribution in [1.29, 1.82) is 0 Å². The lowest BCUT2D eigenvalue weighted by Gasteiger charge is -2.40. The summed E-state index contributed by atoms with van der Waals surface area (Å²) in [5.41, 5.74) is 13.2. The van der Waals surface area contributed by atoms with Crippen LogP contribution in [-0.4, -0.2) is 6.71 Å². The zero-order valence-electron chi connectivity index (χ0n) is 26.3. The van der Waals surface area contributed by atoms with E-state index >= 15 is 0 Å². The molecule has 2 aliphatic heterocycles. The van der Waals surface area contributed by atoms with Gasteiger partial charge in [0.2, 0.25) is 0 Å². The molecule has 4 nitrogen and oxygen atoms in total. The SMILES string of the molecule is Cc1ccc(N(c2ccc3c(c2)Oc2cccc4c2B3c2ccccc2N4c2ccccc2)c2ccc3c(c2)oc2ccccc23)cc1. The van der Waals surface area contributed by atoms with Crippen molar-refractivity contribution in [2.45, 2.75) is 6.92 Å². The molecular weight excluding hydrogens is 587 g/mol. The molecule has 0 saturated carbocycles. The molecule has 0 spiro atoms. The van der Waals surface area contributed by atoms with Crippen LogP contribution in [0.3, 0.4) is 0 Å². The van der Waals surface area contributed by atoms with Gasteiger partial charge in [-0.3, -0.25) is 0 Å². The predicted molar refractivity (Wildman–Crippen MR) is 199 cm³/mol. The maximum absolute atomic E-state index is 6.84. The number of anilines is 6. The van der Waals surface area contributed by atoms with E-state index in [9.17, 15) is 0 Å². The molecule has 0 amide bonds. The molecule has 3 heterocycles.